The summed E-state index contributed by atoms with van der Waals surface area (Å²) in [5.41, 5.74) is 3.03. The number of hydrogen-bond acceptors (Lipinski definition) is 3. The molecule has 0 saturated carbocycles. The number of halogens is 1. The smallest absolute Gasteiger partial charge is 0.186 e. The molecule has 1 aliphatic carbocycles. The molecule has 19 heavy (non-hydrogen) atoms. The first-order valence-corrected chi connectivity index (χ1v) is 6.50. The van der Waals surface area contributed by atoms with Gasteiger partial charge in [0.25, 0.3) is 0 Å². The number of nitrogens with one attached hydrogen (secondary N) is 1. The normalized spacial score (nSPS) is 17.3. The summed E-state index contributed by atoms with van der Waals surface area (Å²) in [6, 6.07) is 8.35. The van der Waals surface area contributed by atoms with E-state index in [4.69, 9.17) is 0 Å². The molecule has 0 fully saturated rings. The van der Waals surface area contributed by atoms with Gasteiger partial charge in [0, 0.05) is 13.0 Å². The van der Waals surface area contributed by atoms with Gasteiger partial charge in [0.05, 0.1) is 5.69 Å². The van der Waals surface area contributed by atoms with Crippen molar-refractivity contribution < 1.29 is 4.39 Å². The molecule has 1 N–H and O–H groups in total. The van der Waals surface area contributed by atoms with E-state index in [1.54, 1.807) is 14.0 Å². The zero-order chi connectivity index (χ0) is 13.4. The summed E-state index contributed by atoms with van der Waals surface area (Å²) < 4.78 is 13.8. The average Bonchev–Trinajstić information content (AvgIpc) is 2.85. The molecule has 0 spiro atoms. The number of hydrogen-bond donors (Lipinski definition) is 1. The fourth-order valence-electron chi connectivity index (χ4n) is 2.73. The molecule has 1 aliphatic rings. The Balaban J connectivity index is 2.07. The van der Waals surface area contributed by atoms with E-state index in [0.717, 1.165) is 12.8 Å². The Kier molecular flexibility index (Phi) is 2.93. The molecule has 0 saturated heterocycles. The lowest BCUT2D eigenvalue weighted by Gasteiger charge is -2.13. The van der Waals surface area contributed by atoms with Crippen molar-refractivity contribution in [1.82, 2.24) is 9.97 Å². The van der Waals surface area contributed by atoms with Crippen LogP contribution in [-0.4, -0.2) is 17.0 Å². The van der Waals surface area contributed by atoms with Gasteiger partial charge in [-0.3, -0.25) is 0 Å². The minimum atomic E-state index is -0.363. The zero-order valence-electron chi connectivity index (χ0n) is 11.1. The van der Waals surface area contributed by atoms with Crippen LogP contribution in [0.2, 0.25) is 0 Å². The van der Waals surface area contributed by atoms with E-state index in [1.807, 2.05) is 6.07 Å². The van der Waals surface area contributed by atoms with Crippen LogP contribution in [0.1, 0.15) is 35.0 Å². The SMILES string of the molecule is CNc1nc(C2CCc3ccccc32)nc(C)c1F. The van der Waals surface area contributed by atoms with Crippen molar-refractivity contribution in [2.45, 2.75) is 25.7 Å². The second kappa shape index (κ2) is 4.61. The predicted molar refractivity (Wildman–Crippen MR) is 72.9 cm³/mol. The largest absolute Gasteiger partial charge is 0.371 e. The van der Waals surface area contributed by atoms with Crippen LogP contribution >= 0.6 is 0 Å². The van der Waals surface area contributed by atoms with E-state index >= 15 is 0 Å². The summed E-state index contributed by atoms with van der Waals surface area (Å²) in [5.74, 6) is 0.820. The third-order valence-corrected chi connectivity index (χ3v) is 3.72. The summed E-state index contributed by atoms with van der Waals surface area (Å²) in [6.45, 7) is 1.68. The third kappa shape index (κ3) is 1.97. The van der Waals surface area contributed by atoms with Gasteiger partial charge in [0.1, 0.15) is 5.82 Å². The number of anilines is 1. The molecule has 0 bridgehead atoms. The van der Waals surface area contributed by atoms with Gasteiger partial charge in [0.15, 0.2) is 11.6 Å². The first kappa shape index (κ1) is 12.1. The molecule has 1 unspecified atom stereocenters. The van der Waals surface area contributed by atoms with Crippen LogP contribution in [-0.2, 0) is 6.42 Å². The van der Waals surface area contributed by atoms with E-state index in [2.05, 4.69) is 33.5 Å². The van der Waals surface area contributed by atoms with Crippen LogP contribution in [0.3, 0.4) is 0 Å². The van der Waals surface area contributed by atoms with Crippen molar-refractivity contribution in [3.8, 4) is 0 Å². The second-order valence-electron chi connectivity index (χ2n) is 4.87. The minimum absolute atomic E-state index is 0.183. The quantitative estimate of drug-likeness (QED) is 0.898. The highest BCUT2D eigenvalue weighted by atomic mass is 19.1. The number of rotatable bonds is 2. The molecule has 2 aromatic rings. The van der Waals surface area contributed by atoms with Crippen LogP contribution in [0.15, 0.2) is 24.3 Å². The van der Waals surface area contributed by atoms with Crippen LogP contribution < -0.4 is 5.32 Å². The molecule has 0 aliphatic heterocycles. The van der Waals surface area contributed by atoms with Gasteiger partial charge in [-0.05, 0) is 30.9 Å². The van der Waals surface area contributed by atoms with Gasteiger partial charge in [-0.1, -0.05) is 24.3 Å². The Labute approximate surface area is 111 Å². The van der Waals surface area contributed by atoms with E-state index < -0.39 is 0 Å². The highest BCUT2D eigenvalue weighted by molar-refractivity contribution is 5.42. The first-order valence-electron chi connectivity index (χ1n) is 6.50. The molecule has 3 nitrogen and oxygen atoms in total. The van der Waals surface area contributed by atoms with Gasteiger partial charge < -0.3 is 5.32 Å². The number of aromatic nitrogens is 2. The second-order valence-corrected chi connectivity index (χ2v) is 4.87. The first-order chi connectivity index (χ1) is 9.20. The van der Waals surface area contributed by atoms with Crippen molar-refractivity contribution >= 4 is 5.82 Å². The van der Waals surface area contributed by atoms with Crippen LogP contribution in [0.4, 0.5) is 10.2 Å². The lowest BCUT2D eigenvalue weighted by Crippen LogP contribution is -2.09. The molecule has 4 heteroatoms. The number of nitrogens with zero attached hydrogens (tertiary/aromatic N) is 2. The summed E-state index contributed by atoms with van der Waals surface area (Å²) in [4.78, 5) is 8.67. The molecule has 1 aromatic heterocycles. The monoisotopic (exact) mass is 257 g/mol. The van der Waals surface area contributed by atoms with E-state index in [1.165, 1.54) is 11.1 Å². The fraction of sp³-hybridized carbons (Fsp3) is 0.333. The van der Waals surface area contributed by atoms with Gasteiger partial charge >= 0.3 is 0 Å². The third-order valence-electron chi connectivity index (χ3n) is 3.72. The molecule has 1 atom stereocenters. The molecular formula is C15H16FN3. The van der Waals surface area contributed by atoms with E-state index in [0.29, 0.717) is 11.5 Å². The van der Waals surface area contributed by atoms with E-state index in [-0.39, 0.29) is 17.6 Å². The Bertz CT molecular complexity index is 625. The summed E-state index contributed by atoms with van der Waals surface area (Å²) in [6.07, 6.45) is 2.03. The summed E-state index contributed by atoms with van der Waals surface area (Å²) in [7, 11) is 1.68. The predicted octanol–water partition coefficient (Wildman–Crippen LogP) is 3.04. The molecular weight excluding hydrogens is 241 g/mol. The zero-order valence-corrected chi connectivity index (χ0v) is 11.1. The Morgan fingerprint density at radius 1 is 1.26 bits per heavy atom. The van der Waals surface area contributed by atoms with Gasteiger partial charge in [-0.2, -0.15) is 0 Å². The lowest BCUT2D eigenvalue weighted by atomic mass is 10.0. The van der Waals surface area contributed by atoms with Crippen molar-refractivity contribution in [3.05, 3.63) is 52.7 Å². The van der Waals surface area contributed by atoms with Crippen molar-refractivity contribution in [2.24, 2.45) is 0 Å². The maximum absolute atomic E-state index is 13.8. The Hall–Kier alpha value is -1.97. The summed E-state index contributed by atoms with van der Waals surface area (Å²) in [5, 5.41) is 2.80. The highest BCUT2D eigenvalue weighted by Gasteiger charge is 2.27. The molecule has 1 aromatic carbocycles. The van der Waals surface area contributed by atoms with Crippen LogP contribution in [0, 0.1) is 12.7 Å². The molecule has 1 heterocycles. The molecule has 0 amide bonds. The average molecular weight is 257 g/mol. The molecule has 0 radical (unpaired) electrons. The summed E-state index contributed by atoms with van der Waals surface area (Å²) >= 11 is 0. The van der Waals surface area contributed by atoms with Crippen LogP contribution in [0.5, 0.6) is 0 Å². The minimum Gasteiger partial charge on any atom is -0.371 e. The van der Waals surface area contributed by atoms with E-state index in [9.17, 15) is 4.39 Å². The van der Waals surface area contributed by atoms with Crippen LogP contribution in [0.25, 0.3) is 0 Å². The van der Waals surface area contributed by atoms with Crippen molar-refractivity contribution in [2.75, 3.05) is 12.4 Å². The van der Waals surface area contributed by atoms with Gasteiger partial charge in [-0.15, -0.1) is 0 Å². The number of benzene rings is 1. The van der Waals surface area contributed by atoms with Gasteiger partial charge in [-0.25, -0.2) is 14.4 Å². The maximum atomic E-state index is 13.8. The topological polar surface area (TPSA) is 37.8 Å². The lowest BCUT2D eigenvalue weighted by molar-refractivity contribution is 0.594. The number of fused-ring (bicyclic) bond motifs is 1. The maximum Gasteiger partial charge on any atom is 0.186 e. The standard InChI is InChI=1S/C15H16FN3/c1-9-13(16)15(17-2)19-14(18-9)12-8-7-10-5-3-4-6-11(10)12/h3-6,12H,7-8H2,1-2H3,(H,17,18,19). The number of aryl methyl sites for hydroxylation is 2. The molecule has 98 valence electrons. The highest BCUT2D eigenvalue weighted by Crippen LogP contribution is 2.36. The fourth-order valence-corrected chi connectivity index (χ4v) is 2.73. The van der Waals surface area contributed by atoms with Gasteiger partial charge in [0.2, 0.25) is 0 Å². The van der Waals surface area contributed by atoms with Crippen molar-refractivity contribution in [1.29, 1.82) is 0 Å². The Morgan fingerprint density at radius 3 is 2.84 bits per heavy atom. The Morgan fingerprint density at radius 2 is 2.05 bits per heavy atom. The molecule has 3 rings (SSSR count). The van der Waals surface area contributed by atoms with Crippen molar-refractivity contribution in [3.63, 3.8) is 0 Å².